The van der Waals surface area contributed by atoms with Crippen LogP contribution in [0.15, 0.2) is 76.3 Å². The van der Waals surface area contributed by atoms with E-state index in [0.717, 1.165) is 15.6 Å². The first kappa shape index (κ1) is 23.5. The molecule has 0 aliphatic carbocycles. The fraction of sp³-hybridized carbons (Fsp3) is 0.125. The van der Waals surface area contributed by atoms with Crippen LogP contribution in [0.2, 0.25) is 5.02 Å². The summed E-state index contributed by atoms with van der Waals surface area (Å²) in [5, 5.41) is 7.12. The van der Waals surface area contributed by atoms with Gasteiger partial charge < -0.3 is 10.1 Å². The van der Waals surface area contributed by atoms with Gasteiger partial charge in [-0.3, -0.25) is 9.59 Å². The minimum atomic E-state index is -0.537. The van der Waals surface area contributed by atoms with Crippen LogP contribution in [0, 0.1) is 6.92 Å². The number of carbonyl (C=O) groups is 2. The predicted octanol–water partition coefficient (Wildman–Crippen LogP) is 5.47. The number of hydrazone groups is 1. The lowest BCUT2D eigenvalue weighted by Crippen LogP contribution is -2.24. The highest BCUT2D eigenvalue weighted by molar-refractivity contribution is 9.10. The molecule has 0 spiro atoms. The van der Waals surface area contributed by atoms with Crippen molar-refractivity contribution in [2.45, 2.75) is 20.0 Å². The number of para-hydroxylation sites is 1. The van der Waals surface area contributed by atoms with Gasteiger partial charge in [-0.1, -0.05) is 57.9 Å². The van der Waals surface area contributed by atoms with Crippen molar-refractivity contribution in [2.75, 3.05) is 5.32 Å². The number of nitrogens with one attached hydrogen (secondary N) is 2. The van der Waals surface area contributed by atoms with Crippen LogP contribution in [-0.2, 0) is 16.2 Å². The van der Waals surface area contributed by atoms with Crippen LogP contribution >= 0.6 is 27.5 Å². The van der Waals surface area contributed by atoms with Gasteiger partial charge in [-0.2, -0.15) is 5.10 Å². The Bertz CT molecular complexity index is 1130. The molecular formula is C24H21BrClN3O3. The average molecular weight is 515 g/mol. The maximum atomic E-state index is 12.1. The highest BCUT2D eigenvalue weighted by atomic mass is 79.9. The van der Waals surface area contributed by atoms with Crippen molar-refractivity contribution >= 4 is 51.2 Å². The Labute approximate surface area is 199 Å². The quantitative estimate of drug-likeness (QED) is 0.238. The number of halogens is 2. The first-order chi connectivity index (χ1) is 15.4. The monoisotopic (exact) mass is 513 g/mol. The van der Waals surface area contributed by atoms with Crippen LogP contribution in [0.3, 0.4) is 0 Å². The van der Waals surface area contributed by atoms with Gasteiger partial charge >= 0.3 is 0 Å². The van der Waals surface area contributed by atoms with E-state index in [4.69, 9.17) is 16.3 Å². The molecule has 3 rings (SSSR count). The fourth-order valence-corrected chi connectivity index (χ4v) is 3.14. The smallest absolute Gasteiger partial charge is 0.249 e. The molecule has 0 radical (unpaired) electrons. The van der Waals surface area contributed by atoms with Gasteiger partial charge in [0, 0.05) is 20.7 Å². The van der Waals surface area contributed by atoms with Crippen molar-refractivity contribution in [3.63, 3.8) is 0 Å². The molecule has 0 bridgehead atoms. The van der Waals surface area contributed by atoms with Crippen LogP contribution in [0.25, 0.3) is 0 Å². The summed E-state index contributed by atoms with van der Waals surface area (Å²) in [6.45, 7) is 2.26. The summed E-state index contributed by atoms with van der Waals surface area (Å²) in [6.07, 6.45) is 1.11. The van der Waals surface area contributed by atoms with E-state index in [1.165, 1.54) is 6.21 Å². The van der Waals surface area contributed by atoms with Crippen molar-refractivity contribution in [1.29, 1.82) is 0 Å². The zero-order valence-corrected chi connectivity index (χ0v) is 19.6. The Hall–Kier alpha value is -3.16. The third kappa shape index (κ3) is 7.21. The van der Waals surface area contributed by atoms with Crippen molar-refractivity contribution in [2.24, 2.45) is 5.10 Å². The molecule has 2 amide bonds. The summed E-state index contributed by atoms with van der Waals surface area (Å²) in [7, 11) is 0. The molecule has 0 unspecified atom stereocenters. The molecular weight excluding hydrogens is 494 g/mol. The van der Waals surface area contributed by atoms with E-state index in [1.807, 2.05) is 55.5 Å². The standard InChI is InChI=1S/C24H21BrClN3O3/c1-16-6-11-20(12-21(16)26)28-23(30)13-24(31)29-27-14-18-4-2-3-5-22(18)32-15-17-7-9-19(25)10-8-17/h2-12,14H,13,15H2,1H3,(H,28,30)(H,29,31). The summed E-state index contributed by atoms with van der Waals surface area (Å²) in [5.74, 6) is -0.372. The summed E-state index contributed by atoms with van der Waals surface area (Å²) >= 11 is 9.45. The Balaban J connectivity index is 1.51. The zero-order valence-electron chi connectivity index (χ0n) is 17.3. The van der Waals surface area contributed by atoms with Gasteiger partial charge in [0.15, 0.2) is 0 Å². The number of carbonyl (C=O) groups excluding carboxylic acids is 2. The van der Waals surface area contributed by atoms with Gasteiger partial charge in [-0.05, 0) is 54.4 Å². The van der Waals surface area contributed by atoms with Gasteiger partial charge in [0.25, 0.3) is 0 Å². The van der Waals surface area contributed by atoms with E-state index in [-0.39, 0.29) is 6.42 Å². The number of amides is 2. The van der Waals surface area contributed by atoms with Crippen molar-refractivity contribution in [3.05, 3.63) is 92.9 Å². The molecule has 0 saturated carbocycles. The van der Waals surface area contributed by atoms with E-state index in [9.17, 15) is 9.59 Å². The van der Waals surface area contributed by atoms with Crippen LogP contribution in [0.1, 0.15) is 23.1 Å². The van der Waals surface area contributed by atoms with Gasteiger partial charge in [0.2, 0.25) is 11.8 Å². The van der Waals surface area contributed by atoms with E-state index < -0.39 is 11.8 Å². The Morgan fingerprint density at radius 1 is 1.06 bits per heavy atom. The number of aryl methyl sites for hydroxylation is 1. The zero-order chi connectivity index (χ0) is 22.9. The minimum absolute atomic E-state index is 0.370. The Morgan fingerprint density at radius 2 is 1.81 bits per heavy atom. The predicted molar refractivity (Wildman–Crippen MR) is 130 cm³/mol. The normalized spacial score (nSPS) is 10.7. The molecule has 3 aromatic rings. The lowest BCUT2D eigenvalue weighted by Gasteiger charge is -2.09. The van der Waals surface area contributed by atoms with Gasteiger partial charge in [-0.25, -0.2) is 5.43 Å². The SMILES string of the molecule is Cc1ccc(NC(=O)CC(=O)NN=Cc2ccccc2OCc2ccc(Br)cc2)cc1Cl. The molecule has 0 aromatic heterocycles. The third-order valence-corrected chi connectivity index (χ3v) is 5.33. The lowest BCUT2D eigenvalue weighted by atomic mass is 10.2. The Morgan fingerprint density at radius 3 is 2.56 bits per heavy atom. The van der Waals surface area contributed by atoms with Gasteiger partial charge in [-0.15, -0.1) is 0 Å². The summed E-state index contributed by atoms with van der Waals surface area (Å²) in [4.78, 5) is 24.1. The van der Waals surface area contributed by atoms with Crippen LogP contribution in [0.5, 0.6) is 5.75 Å². The fourth-order valence-electron chi connectivity index (χ4n) is 2.70. The molecule has 0 saturated heterocycles. The Kier molecular flexibility index (Phi) is 8.41. The second-order valence-corrected chi connectivity index (χ2v) is 8.26. The summed E-state index contributed by atoms with van der Waals surface area (Å²) < 4.78 is 6.88. The van der Waals surface area contributed by atoms with Crippen LogP contribution in [0.4, 0.5) is 5.69 Å². The highest BCUT2D eigenvalue weighted by Crippen LogP contribution is 2.20. The minimum Gasteiger partial charge on any atom is -0.488 e. The van der Waals surface area contributed by atoms with Crippen LogP contribution in [-0.4, -0.2) is 18.0 Å². The van der Waals surface area contributed by atoms with E-state index in [2.05, 4.69) is 31.8 Å². The molecule has 2 N–H and O–H groups in total. The number of ether oxygens (including phenoxy) is 1. The molecule has 0 aliphatic rings. The number of benzene rings is 3. The van der Waals surface area contributed by atoms with Crippen molar-refractivity contribution in [1.82, 2.24) is 5.43 Å². The topological polar surface area (TPSA) is 79.8 Å². The molecule has 3 aromatic carbocycles. The summed E-state index contributed by atoms with van der Waals surface area (Å²) in [6, 6.07) is 20.3. The molecule has 0 fully saturated rings. The van der Waals surface area contributed by atoms with Gasteiger partial charge in [0.05, 0.1) is 6.21 Å². The second-order valence-electron chi connectivity index (χ2n) is 6.94. The van der Waals surface area contributed by atoms with E-state index >= 15 is 0 Å². The molecule has 32 heavy (non-hydrogen) atoms. The lowest BCUT2D eigenvalue weighted by molar-refractivity contribution is -0.126. The summed E-state index contributed by atoms with van der Waals surface area (Å²) in [5.41, 5.74) is 5.51. The molecule has 8 heteroatoms. The van der Waals surface area contributed by atoms with Crippen molar-refractivity contribution in [3.8, 4) is 5.75 Å². The first-order valence-corrected chi connectivity index (χ1v) is 10.9. The van der Waals surface area contributed by atoms with Crippen molar-refractivity contribution < 1.29 is 14.3 Å². The van der Waals surface area contributed by atoms with E-state index in [1.54, 1.807) is 18.2 Å². The molecule has 0 aliphatic heterocycles. The second kappa shape index (κ2) is 11.5. The van der Waals surface area contributed by atoms with E-state index in [0.29, 0.717) is 28.6 Å². The molecule has 6 nitrogen and oxygen atoms in total. The number of anilines is 1. The highest BCUT2D eigenvalue weighted by Gasteiger charge is 2.10. The first-order valence-electron chi connectivity index (χ1n) is 9.75. The van der Waals surface area contributed by atoms with Crippen LogP contribution < -0.4 is 15.5 Å². The molecule has 0 atom stereocenters. The number of hydrogen-bond acceptors (Lipinski definition) is 4. The maximum Gasteiger partial charge on any atom is 0.249 e. The largest absolute Gasteiger partial charge is 0.488 e. The number of nitrogens with zero attached hydrogens (tertiary/aromatic N) is 1. The number of hydrogen-bond donors (Lipinski definition) is 2. The molecule has 164 valence electrons. The molecule has 0 heterocycles. The maximum absolute atomic E-state index is 12.1. The third-order valence-electron chi connectivity index (χ3n) is 4.40. The van der Waals surface area contributed by atoms with Gasteiger partial charge in [0.1, 0.15) is 18.8 Å². The number of rotatable bonds is 8. The average Bonchev–Trinajstić information content (AvgIpc) is 2.76.